The number of rotatable bonds is 2. The van der Waals surface area contributed by atoms with Gasteiger partial charge < -0.3 is 4.90 Å². The van der Waals surface area contributed by atoms with Gasteiger partial charge in [-0.15, -0.1) is 0 Å². The molecule has 0 fully saturated rings. The van der Waals surface area contributed by atoms with Crippen molar-refractivity contribution < 1.29 is 9.18 Å². The Labute approximate surface area is 93.6 Å². The molecule has 0 N–H and O–H groups in total. The highest BCUT2D eigenvalue weighted by Gasteiger charge is 2.18. The first-order chi connectivity index (χ1) is 6.93. The van der Waals surface area contributed by atoms with Crippen LogP contribution in [-0.4, -0.2) is 23.9 Å². The maximum atomic E-state index is 13.3. The second kappa shape index (κ2) is 4.62. The summed E-state index contributed by atoms with van der Waals surface area (Å²) >= 11 is 5.71. The summed E-state index contributed by atoms with van der Waals surface area (Å²) in [5.74, 6) is -0.901. The van der Waals surface area contributed by atoms with Gasteiger partial charge in [0.1, 0.15) is 5.82 Å². The van der Waals surface area contributed by atoms with Crippen LogP contribution in [0, 0.1) is 5.82 Å². The van der Waals surface area contributed by atoms with Crippen molar-refractivity contribution in [3.63, 3.8) is 0 Å². The van der Waals surface area contributed by atoms with Crippen LogP contribution in [0.4, 0.5) is 4.39 Å². The highest BCUT2D eigenvalue weighted by molar-refractivity contribution is 6.30. The van der Waals surface area contributed by atoms with Gasteiger partial charge in [0.25, 0.3) is 5.91 Å². The van der Waals surface area contributed by atoms with E-state index < -0.39 is 5.82 Å². The lowest BCUT2D eigenvalue weighted by Gasteiger charge is -2.21. The van der Waals surface area contributed by atoms with Crippen molar-refractivity contribution in [2.75, 3.05) is 7.05 Å². The van der Waals surface area contributed by atoms with Gasteiger partial charge in [0, 0.05) is 18.1 Å². The quantitative estimate of drug-likeness (QED) is 0.764. The van der Waals surface area contributed by atoms with E-state index in [4.69, 9.17) is 11.6 Å². The van der Waals surface area contributed by atoms with Crippen LogP contribution in [0.25, 0.3) is 0 Å². The average molecular weight is 230 g/mol. The Hall–Kier alpha value is -1.09. The van der Waals surface area contributed by atoms with Gasteiger partial charge in [-0.1, -0.05) is 11.6 Å². The molecule has 0 radical (unpaired) electrons. The third-order valence-electron chi connectivity index (χ3n) is 2.25. The van der Waals surface area contributed by atoms with Gasteiger partial charge >= 0.3 is 0 Å². The number of hydrogen-bond acceptors (Lipinski definition) is 1. The van der Waals surface area contributed by atoms with Crippen LogP contribution >= 0.6 is 11.6 Å². The van der Waals surface area contributed by atoms with Gasteiger partial charge in [-0.05, 0) is 32.0 Å². The molecule has 0 unspecified atom stereocenters. The summed E-state index contributed by atoms with van der Waals surface area (Å²) in [4.78, 5) is 13.3. The molecule has 0 saturated heterocycles. The van der Waals surface area contributed by atoms with Gasteiger partial charge in [0.2, 0.25) is 0 Å². The van der Waals surface area contributed by atoms with Crippen LogP contribution in [0.15, 0.2) is 18.2 Å². The Bertz CT molecular complexity index is 379. The molecule has 4 heteroatoms. The number of benzene rings is 1. The summed E-state index contributed by atoms with van der Waals surface area (Å²) in [6.07, 6.45) is 0. The minimum atomic E-state index is -0.545. The van der Waals surface area contributed by atoms with Crippen molar-refractivity contribution >= 4 is 17.5 Å². The number of carbonyl (C=O) groups is 1. The zero-order chi connectivity index (χ0) is 11.6. The van der Waals surface area contributed by atoms with Gasteiger partial charge in [-0.25, -0.2) is 4.39 Å². The standard InChI is InChI=1S/C11H13ClFNO/c1-7(2)14(3)11(15)9-6-8(12)4-5-10(9)13/h4-7H,1-3H3. The molecule has 0 aliphatic heterocycles. The number of nitrogens with zero attached hydrogens (tertiary/aromatic N) is 1. The van der Waals surface area contributed by atoms with E-state index >= 15 is 0 Å². The highest BCUT2D eigenvalue weighted by atomic mass is 35.5. The monoisotopic (exact) mass is 229 g/mol. The Morgan fingerprint density at radius 1 is 1.47 bits per heavy atom. The van der Waals surface area contributed by atoms with Gasteiger partial charge in [-0.2, -0.15) is 0 Å². The van der Waals surface area contributed by atoms with E-state index in [-0.39, 0.29) is 17.5 Å². The SMILES string of the molecule is CC(C)N(C)C(=O)c1cc(Cl)ccc1F. The number of carbonyl (C=O) groups excluding carboxylic acids is 1. The molecule has 2 nitrogen and oxygen atoms in total. The highest BCUT2D eigenvalue weighted by Crippen LogP contribution is 2.17. The van der Waals surface area contributed by atoms with Crippen LogP contribution < -0.4 is 0 Å². The molecule has 1 amide bonds. The van der Waals surface area contributed by atoms with Crippen LogP contribution in [0.3, 0.4) is 0 Å². The molecule has 0 aliphatic carbocycles. The van der Waals surface area contributed by atoms with Crippen molar-refractivity contribution in [3.05, 3.63) is 34.6 Å². The van der Waals surface area contributed by atoms with Crippen molar-refractivity contribution in [2.24, 2.45) is 0 Å². The van der Waals surface area contributed by atoms with Crippen molar-refractivity contribution in [1.29, 1.82) is 0 Å². The predicted molar refractivity (Wildman–Crippen MR) is 58.6 cm³/mol. The Morgan fingerprint density at radius 3 is 2.60 bits per heavy atom. The molecule has 0 heterocycles. The third-order valence-corrected chi connectivity index (χ3v) is 2.49. The normalized spacial score (nSPS) is 10.5. The molecular formula is C11H13ClFNO. The first kappa shape index (κ1) is 12.0. The minimum Gasteiger partial charge on any atom is -0.339 e. The van der Waals surface area contributed by atoms with Crippen LogP contribution in [0.5, 0.6) is 0 Å². The molecule has 0 saturated carbocycles. The Morgan fingerprint density at radius 2 is 2.07 bits per heavy atom. The van der Waals surface area contributed by atoms with E-state index in [9.17, 15) is 9.18 Å². The third kappa shape index (κ3) is 2.69. The van der Waals surface area contributed by atoms with Crippen molar-refractivity contribution in [1.82, 2.24) is 4.90 Å². The molecule has 1 aromatic rings. The number of hydrogen-bond donors (Lipinski definition) is 0. The van der Waals surface area contributed by atoms with E-state index in [0.29, 0.717) is 5.02 Å². The molecule has 1 aromatic carbocycles. The fourth-order valence-corrected chi connectivity index (χ4v) is 1.26. The maximum Gasteiger partial charge on any atom is 0.256 e. The molecular weight excluding hydrogens is 217 g/mol. The fourth-order valence-electron chi connectivity index (χ4n) is 1.09. The molecule has 0 spiro atoms. The van der Waals surface area contributed by atoms with E-state index in [0.717, 1.165) is 0 Å². The Kier molecular flexibility index (Phi) is 3.69. The summed E-state index contributed by atoms with van der Waals surface area (Å²) < 4.78 is 13.3. The lowest BCUT2D eigenvalue weighted by molar-refractivity contribution is 0.0750. The van der Waals surface area contributed by atoms with Crippen LogP contribution in [-0.2, 0) is 0 Å². The van der Waals surface area contributed by atoms with Gasteiger partial charge in [0.15, 0.2) is 0 Å². The summed E-state index contributed by atoms with van der Waals surface area (Å²) in [7, 11) is 1.63. The molecule has 0 bridgehead atoms. The van der Waals surface area contributed by atoms with E-state index in [1.165, 1.54) is 23.1 Å². The lowest BCUT2D eigenvalue weighted by atomic mass is 10.1. The van der Waals surface area contributed by atoms with E-state index in [2.05, 4.69) is 0 Å². The summed E-state index contributed by atoms with van der Waals surface area (Å²) in [6, 6.07) is 3.99. The smallest absolute Gasteiger partial charge is 0.256 e. The molecule has 0 aromatic heterocycles. The van der Waals surface area contributed by atoms with Crippen LogP contribution in [0.2, 0.25) is 5.02 Å². The molecule has 82 valence electrons. The second-order valence-electron chi connectivity index (χ2n) is 3.63. The summed E-state index contributed by atoms with van der Waals surface area (Å²) in [5, 5.41) is 0.358. The zero-order valence-electron chi connectivity index (χ0n) is 8.92. The maximum absolute atomic E-state index is 13.3. The molecule has 0 aliphatic rings. The first-order valence-electron chi connectivity index (χ1n) is 4.65. The molecule has 0 atom stereocenters. The molecule has 15 heavy (non-hydrogen) atoms. The van der Waals surface area contributed by atoms with Crippen LogP contribution in [0.1, 0.15) is 24.2 Å². The largest absolute Gasteiger partial charge is 0.339 e. The van der Waals surface area contributed by atoms with Crippen molar-refractivity contribution in [3.8, 4) is 0 Å². The molecule has 1 rings (SSSR count). The lowest BCUT2D eigenvalue weighted by Crippen LogP contribution is -2.33. The predicted octanol–water partition coefficient (Wildman–Crippen LogP) is 2.96. The summed E-state index contributed by atoms with van der Waals surface area (Å²) in [5.41, 5.74) is 0.0127. The second-order valence-corrected chi connectivity index (χ2v) is 4.07. The van der Waals surface area contributed by atoms with E-state index in [1.807, 2.05) is 13.8 Å². The minimum absolute atomic E-state index is 0.0127. The first-order valence-corrected chi connectivity index (χ1v) is 5.03. The topological polar surface area (TPSA) is 20.3 Å². The van der Waals surface area contributed by atoms with Crippen molar-refractivity contribution in [2.45, 2.75) is 19.9 Å². The van der Waals surface area contributed by atoms with Gasteiger partial charge in [0.05, 0.1) is 5.56 Å². The summed E-state index contributed by atoms with van der Waals surface area (Å²) in [6.45, 7) is 3.72. The fraction of sp³-hybridized carbons (Fsp3) is 0.364. The number of halogens is 2. The Balaban J connectivity index is 3.05. The average Bonchev–Trinajstić information content (AvgIpc) is 2.19. The number of amides is 1. The van der Waals surface area contributed by atoms with Gasteiger partial charge in [-0.3, -0.25) is 4.79 Å². The van der Waals surface area contributed by atoms with E-state index in [1.54, 1.807) is 7.05 Å². The zero-order valence-corrected chi connectivity index (χ0v) is 9.68.